The summed E-state index contributed by atoms with van der Waals surface area (Å²) in [6.07, 6.45) is 7.58. The molecule has 1 aromatic carbocycles. The van der Waals surface area contributed by atoms with Crippen molar-refractivity contribution in [2.45, 2.75) is 44.4 Å². The highest BCUT2D eigenvalue weighted by molar-refractivity contribution is 5.82. The van der Waals surface area contributed by atoms with Crippen LogP contribution in [0, 0.1) is 11.7 Å². The molecule has 0 unspecified atom stereocenters. The predicted octanol–water partition coefficient (Wildman–Crippen LogP) is 3.91. The number of benzene rings is 1. The summed E-state index contributed by atoms with van der Waals surface area (Å²) in [5.74, 6) is 0.625. The number of halogens is 1. The summed E-state index contributed by atoms with van der Waals surface area (Å²) in [7, 11) is 0. The first-order valence-electron chi connectivity index (χ1n) is 7.96. The van der Waals surface area contributed by atoms with Gasteiger partial charge in [-0.05, 0) is 73.8 Å². The highest BCUT2D eigenvalue weighted by Crippen LogP contribution is 2.39. The third-order valence-corrected chi connectivity index (χ3v) is 4.82. The van der Waals surface area contributed by atoms with E-state index in [0.29, 0.717) is 18.3 Å². The van der Waals surface area contributed by atoms with E-state index in [0.717, 1.165) is 43.0 Å². The van der Waals surface area contributed by atoms with Crippen LogP contribution in [0.15, 0.2) is 30.5 Å². The monoisotopic (exact) mass is 300 g/mol. The van der Waals surface area contributed by atoms with Gasteiger partial charge in [-0.25, -0.2) is 4.39 Å². The SMILES string of the molecule is NC(=O)CCC1CCC(c2ccnc3ccc(F)cc23)CC1. The molecule has 116 valence electrons. The fraction of sp³-hybridized carbons (Fsp3) is 0.444. The summed E-state index contributed by atoms with van der Waals surface area (Å²) in [5, 5.41) is 0.933. The molecule has 22 heavy (non-hydrogen) atoms. The van der Waals surface area contributed by atoms with Crippen LogP contribution in [-0.2, 0) is 4.79 Å². The fourth-order valence-corrected chi connectivity index (χ4v) is 3.60. The molecular formula is C18H21FN2O. The quantitative estimate of drug-likeness (QED) is 0.930. The molecule has 1 fully saturated rings. The zero-order chi connectivity index (χ0) is 15.5. The van der Waals surface area contributed by atoms with Crippen LogP contribution in [-0.4, -0.2) is 10.9 Å². The van der Waals surface area contributed by atoms with Crippen molar-refractivity contribution in [1.82, 2.24) is 4.98 Å². The Hall–Kier alpha value is -1.97. The summed E-state index contributed by atoms with van der Waals surface area (Å²) in [4.78, 5) is 15.2. The zero-order valence-corrected chi connectivity index (χ0v) is 12.6. The lowest BCUT2D eigenvalue weighted by atomic mass is 9.76. The normalized spacial score (nSPS) is 21.9. The lowest BCUT2D eigenvalue weighted by Crippen LogP contribution is -2.17. The second-order valence-corrected chi connectivity index (χ2v) is 6.28. The molecule has 0 spiro atoms. The van der Waals surface area contributed by atoms with Gasteiger partial charge >= 0.3 is 0 Å². The van der Waals surface area contributed by atoms with Gasteiger partial charge in [0.25, 0.3) is 0 Å². The number of rotatable bonds is 4. The van der Waals surface area contributed by atoms with Crippen molar-refractivity contribution in [2.75, 3.05) is 0 Å². The van der Waals surface area contributed by atoms with Gasteiger partial charge < -0.3 is 5.73 Å². The van der Waals surface area contributed by atoms with Crippen molar-refractivity contribution in [3.05, 3.63) is 41.8 Å². The van der Waals surface area contributed by atoms with Crippen molar-refractivity contribution in [2.24, 2.45) is 11.7 Å². The third-order valence-electron chi connectivity index (χ3n) is 4.82. The molecule has 1 aliphatic carbocycles. The number of aromatic nitrogens is 1. The number of fused-ring (bicyclic) bond motifs is 1. The number of nitrogens with zero attached hydrogens (tertiary/aromatic N) is 1. The van der Waals surface area contributed by atoms with Crippen molar-refractivity contribution in [1.29, 1.82) is 0 Å². The number of carbonyl (C=O) groups excluding carboxylic acids is 1. The summed E-state index contributed by atoms with van der Waals surface area (Å²) >= 11 is 0. The molecule has 0 radical (unpaired) electrons. The first-order chi connectivity index (χ1) is 10.6. The van der Waals surface area contributed by atoms with Gasteiger partial charge in [0.15, 0.2) is 0 Å². The Labute approximate surface area is 129 Å². The van der Waals surface area contributed by atoms with Crippen molar-refractivity contribution >= 4 is 16.8 Å². The number of hydrogen-bond acceptors (Lipinski definition) is 2. The van der Waals surface area contributed by atoms with Gasteiger partial charge in [-0.2, -0.15) is 0 Å². The molecule has 0 saturated heterocycles. The molecule has 1 amide bonds. The topological polar surface area (TPSA) is 56.0 Å². The van der Waals surface area contributed by atoms with Crippen LogP contribution in [0.3, 0.4) is 0 Å². The van der Waals surface area contributed by atoms with E-state index in [-0.39, 0.29) is 11.7 Å². The van der Waals surface area contributed by atoms with Crippen LogP contribution in [0.1, 0.15) is 50.0 Å². The standard InChI is InChI=1S/C18H21FN2O/c19-14-6-7-17-16(11-14)15(9-10-21-17)13-4-1-12(2-5-13)3-8-18(20)22/h6-7,9-13H,1-5,8H2,(H2,20,22). The number of nitrogens with two attached hydrogens (primary N) is 1. The highest BCUT2D eigenvalue weighted by atomic mass is 19.1. The van der Waals surface area contributed by atoms with E-state index < -0.39 is 0 Å². The molecule has 2 aromatic rings. The Bertz CT molecular complexity index is 678. The van der Waals surface area contributed by atoms with Crippen LogP contribution in [0.2, 0.25) is 0 Å². The first-order valence-corrected chi connectivity index (χ1v) is 7.96. The van der Waals surface area contributed by atoms with Crippen molar-refractivity contribution < 1.29 is 9.18 Å². The van der Waals surface area contributed by atoms with E-state index in [4.69, 9.17) is 5.73 Å². The largest absolute Gasteiger partial charge is 0.370 e. The van der Waals surface area contributed by atoms with Gasteiger partial charge in [0.05, 0.1) is 5.52 Å². The lowest BCUT2D eigenvalue weighted by Gasteiger charge is -2.29. The van der Waals surface area contributed by atoms with Gasteiger partial charge in [0.2, 0.25) is 5.91 Å². The predicted molar refractivity (Wildman–Crippen MR) is 84.8 cm³/mol. The average Bonchev–Trinajstić information content (AvgIpc) is 2.53. The minimum absolute atomic E-state index is 0.210. The van der Waals surface area contributed by atoms with Gasteiger partial charge in [0.1, 0.15) is 5.82 Å². The smallest absolute Gasteiger partial charge is 0.217 e. The van der Waals surface area contributed by atoms with E-state index in [1.807, 2.05) is 12.3 Å². The van der Waals surface area contributed by atoms with Gasteiger partial charge in [-0.15, -0.1) is 0 Å². The van der Waals surface area contributed by atoms with E-state index in [1.54, 1.807) is 12.1 Å². The van der Waals surface area contributed by atoms with Gasteiger partial charge in [-0.3, -0.25) is 9.78 Å². The van der Waals surface area contributed by atoms with Crippen LogP contribution >= 0.6 is 0 Å². The van der Waals surface area contributed by atoms with Crippen LogP contribution in [0.25, 0.3) is 10.9 Å². The number of carbonyl (C=O) groups is 1. The number of hydrogen-bond donors (Lipinski definition) is 1. The Morgan fingerprint density at radius 3 is 2.73 bits per heavy atom. The molecule has 3 nitrogen and oxygen atoms in total. The Morgan fingerprint density at radius 2 is 2.00 bits per heavy atom. The summed E-state index contributed by atoms with van der Waals surface area (Å²) in [6, 6.07) is 6.82. The summed E-state index contributed by atoms with van der Waals surface area (Å²) in [6.45, 7) is 0. The van der Waals surface area contributed by atoms with E-state index in [1.165, 1.54) is 11.6 Å². The molecule has 1 saturated carbocycles. The third kappa shape index (κ3) is 3.26. The molecule has 4 heteroatoms. The fourth-order valence-electron chi connectivity index (χ4n) is 3.60. The van der Waals surface area contributed by atoms with E-state index in [2.05, 4.69) is 4.98 Å². The second kappa shape index (κ2) is 6.42. The van der Waals surface area contributed by atoms with Crippen LogP contribution < -0.4 is 5.73 Å². The van der Waals surface area contributed by atoms with Crippen LogP contribution in [0.4, 0.5) is 4.39 Å². The molecule has 3 rings (SSSR count). The first kappa shape index (κ1) is 14.9. The minimum Gasteiger partial charge on any atom is -0.370 e. The molecule has 1 aliphatic rings. The average molecular weight is 300 g/mol. The van der Waals surface area contributed by atoms with Crippen molar-refractivity contribution in [3.8, 4) is 0 Å². The van der Waals surface area contributed by atoms with Crippen LogP contribution in [0.5, 0.6) is 0 Å². The molecule has 0 atom stereocenters. The molecule has 2 N–H and O–H groups in total. The maximum atomic E-state index is 13.6. The lowest BCUT2D eigenvalue weighted by molar-refractivity contribution is -0.118. The number of pyridine rings is 1. The Kier molecular flexibility index (Phi) is 4.36. The molecule has 1 aromatic heterocycles. The molecular weight excluding hydrogens is 279 g/mol. The number of amides is 1. The Balaban J connectivity index is 1.74. The molecule has 0 aliphatic heterocycles. The maximum Gasteiger partial charge on any atom is 0.217 e. The minimum atomic E-state index is -0.211. The van der Waals surface area contributed by atoms with Gasteiger partial charge in [-0.1, -0.05) is 0 Å². The maximum absolute atomic E-state index is 13.6. The zero-order valence-electron chi connectivity index (χ0n) is 12.6. The van der Waals surface area contributed by atoms with E-state index >= 15 is 0 Å². The summed E-state index contributed by atoms with van der Waals surface area (Å²) < 4.78 is 13.6. The second-order valence-electron chi connectivity index (χ2n) is 6.28. The highest BCUT2D eigenvalue weighted by Gasteiger charge is 2.24. The molecule has 1 heterocycles. The number of primary amides is 1. The van der Waals surface area contributed by atoms with Gasteiger partial charge in [0, 0.05) is 18.0 Å². The van der Waals surface area contributed by atoms with E-state index in [9.17, 15) is 9.18 Å². The Morgan fingerprint density at radius 1 is 1.23 bits per heavy atom. The molecule has 0 bridgehead atoms. The van der Waals surface area contributed by atoms with Crippen molar-refractivity contribution in [3.63, 3.8) is 0 Å². The summed E-state index contributed by atoms with van der Waals surface area (Å²) in [5.41, 5.74) is 7.29.